The molecule has 0 aliphatic heterocycles. The van der Waals surface area contributed by atoms with Gasteiger partial charge in [0.05, 0.1) is 12.6 Å². The van der Waals surface area contributed by atoms with Gasteiger partial charge in [0.15, 0.2) is 5.82 Å². The molecule has 0 aliphatic carbocycles. The van der Waals surface area contributed by atoms with Crippen molar-refractivity contribution in [2.24, 2.45) is 0 Å². The summed E-state index contributed by atoms with van der Waals surface area (Å²) in [5, 5.41) is 12.9. The first-order chi connectivity index (χ1) is 17.4. The number of hydrogen-bond donors (Lipinski definition) is 1. The first kappa shape index (κ1) is 25.2. The predicted octanol–water partition coefficient (Wildman–Crippen LogP) is 3.68. The van der Waals surface area contributed by atoms with E-state index in [2.05, 4.69) is 25.4 Å². The number of carbonyl (C=O) groups is 1. The molecule has 4 rings (SSSR count). The van der Waals surface area contributed by atoms with Gasteiger partial charge in [-0.25, -0.2) is 9.07 Å². The number of aromatic amines is 1. The van der Waals surface area contributed by atoms with Crippen LogP contribution in [-0.2, 0) is 29.2 Å². The third-order valence-corrected chi connectivity index (χ3v) is 6.02. The topological polar surface area (TPSA) is 106 Å². The van der Waals surface area contributed by atoms with E-state index in [4.69, 9.17) is 4.74 Å². The second kappa shape index (κ2) is 11.2. The quantitative estimate of drug-likeness (QED) is 0.337. The summed E-state index contributed by atoms with van der Waals surface area (Å²) in [7, 11) is 0. The molecule has 1 atom stereocenters. The van der Waals surface area contributed by atoms with Crippen LogP contribution in [0.25, 0.3) is 10.9 Å². The van der Waals surface area contributed by atoms with Crippen LogP contribution < -0.4 is 5.56 Å². The molecule has 10 heteroatoms. The molecule has 4 aromatic rings. The van der Waals surface area contributed by atoms with Gasteiger partial charge < -0.3 is 9.72 Å². The van der Waals surface area contributed by atoms with Crippen LogP contribution in [0.5, 0.6) is 0 Å². The lowest BCUT2D eigenvalue weighted by Crippen LogP contribution is -2.33. The Bertz CT molecular complexity index is 1400. The number of halogens is 1. The van der Waals surface area contributed by atoms with Crippen LogP contribution in [0.2, 0.25) is 0 Å². The summed E-state index contributed by atoms with van der Waals surface area (Å²) in [6.07, 6.45) is 0.606. The number of tetrazole rings is 1. The lowest BCUT2D eigenvalue weighted by atomic mass is 10.1. The highest BCUT2D eigenvalue weighted by molar-refractivity contribution is 5.79. The highest BCUT2D eigenvalue weighted by Gasteiger charge is 2.27. The lowest BCUT2D eigenvalue weighted by Gasteiger charge is -2.30. The Morgan fingerprint density at radius 2 is 1.92 bits per heavy atom. The molecule has 2 aromatic carbocycles. The number of benzene rings is 2. The van der Waals surface area contributed by atoms with E-state index in [-0.39, 0.29) is 30.6 Å². The van der Waals surface area contributed by atoms with Crippen molar-refractivity contribution < 1.29 is 13.9 Å². The number of esters is 1. The number of nitrogens with zero attached hydrogens (tertiary/aromatic N) is 5. The number of nitrogens with one attached hydrogen (secondary N) is 1. The maximum atomic E-state index is 13.6. The van der Waals surface area contributed by atoms with E-state index in [1.807, 2.05) is 38.1 Å². The SMILES string of the molecule is CCOC(=O)Cn1nnnc1[C@@H](CC)N(Cc1ccc(F)cc1)Cc1cc2ccc(C)cc2[nH]c1=O. The Hall–Kier alpha value is -3.92. The summed E-state index contributed by atoms with van der Waals surface area (Å²) in [6, 6.07) is 13.7. The van der Waals surface area contributed by atoms with Gasteiger partial charge in [0.1, 0.15) is 12.4 Å². The molecule has 0 amide bonds. The zero-order chi connectivity index (χ0) is 25.7. The standard InChI is InChI=1S/C26H29FN6O3/c1-4-23(25-29-30-31-33(25)16-24(34)36-5-2)32(14-18-7-10-21(27)11-8-18)15-20-13-19-9-6-17(3)12-22(19)28-26(20)35/h6-13,23H,4-5,14-16H2,1-3H3,(H,28,35)/t23-/m1/s1. The van der Waals surface area contributed by atoms with Crippen molar-refractivity contribution in [1.29, 1.82) is 0 Å². The number of aromatic nitrogens is 5. The van der Waals surface area contributed by atoms with Gasteiger partial charge in [0, 0.05) is 24.2 Å². The summed E-state index contributed by atoms with van der Waals surface area (Å²) in [6.45, 7) is 6.54. The van der Waals surface area contributed by atoms with E-state index >= 15 is 0 Å². The van der Waals surface area contributed by atoms with E-state index in [1.165, 1.54) is 16.8 Å². The molecule has 0 aliphatic rings. The van der Waals surface area contributed by atoms with Gasteiger partial charge in [-0.05, 0) is 71.5 Å². The molecule has 0 radical (unpaired) electrons. The molecule has 0 saturated carbocycles. The minimum absolute atomic E-state index is 0.118. The number of rotatable bonds is 10. The monoisotopic (exact) mass is 492 g/mol. The first-order valence-corrected chi connectivity index (χ1v) is 11.9. The summed E-state index contributed by atoms with van der Waals surface area (Å²) < 4.78 is 20.0. The highest BCUT2D eigenvalue weighted by Crippen LogP contribution is 2.27. The predicted molar refractivity (Wildman–Crippen MR) is 132 cm³/mol. The smallest absolute Gasteiger partial charge is 0.327 e. The number of hydrogen-bond acceptors (Lipinski definition) is 7. The number of pyridine rings is 1. The van der Waals surface area contributed by atoms with E-state index in [0.29, 0.717) is 30.9 Å². The second-order valence-electron chi connectivity index (χ2n) is 8.67. The average molecular weight is 493 g/mol. The summed E-state index contributed by atoms with van der Waals surface area (Å²) >= 11 is 0. The fourth-order valence-electron chi connectivity index (χ4n) is 4.29. The van der Waals surface area contributed by atoms with E-state index in [1.54, 1.807) is 19.1 Å². The molecule has 0 spiro atoms. The fourth-order valence-corrected chi connectivity index (χ4v) is 4.29. The van der Waals surface area contributed by atoms with Gasteiger partial charge in [0.25, 0.3) is 5.56 Å². The second-order valence-corrected chi connectivity index (χ2v) is 8.67. The molecule has 0 saturated heterocycles. The Labute approximate surface area is 207 Å². The Morgan fingerprint density at radius 3 is 2.64 bits per heavy atom. The van der Waals surface area contributed by atoms with Crippen molar-refractivity contribution in [3.8, 4) is 0 Å². The molecule has 36 heavy (non-hydrogen) atoms. The summed E-state index contributed by atoms with van der Waals surface area (Å²) in [5.41, 5.74) is 3.10. The van der Waals surface area contributed by atoms with E-state index in [9.17, 15) is 14.0 Å². The Kier molecular flexibility index (Phi) is 7.84. The highest BCUT2D eigenvalue weighted by atomic mass is 19.1. The summed E-state index contributed by atoms with van der Waals surface area (Å²) in [4.78, 5) is 30.2. The number of fused-ring (bicyclic) bond motifs is 1. The van der Waals surface area contributed by atoms with Crippen molar-refractivity contribution in [1.82, 2.24) is 30.1 Å². The van der Waals surface area contributed by atoms with Crippen LogP contribution in [0.3, 0.4) is 0 Å². The zero-order valence-electron chi connectivity index (χ0n) is 20.6. The third-order valence-electron chi connectivity index (χ3n) is 6.02. The summed E-state index contributed by atoms with van der Waals surface area (Å²) in [5.74, 6) is -0.273. The Morgan fingerprint density at radius 1 is 1.14 bits per heavy atom. The minimum Gasteiger partial charge on any atom is -0.465 e. The van der Waals surface area contributed by atoms with Gasteiger partial charge in [-0.15, -0.1) is 5.10 Å². The van der Waals surface area contributed by atoms with Gasteiger partial charge >= 0.3 is 5.97 Å². The van der Waals surface area contributed by atoms with Crippen molar-refractivity contribution in [2.45, 2.75) is 52.9 Å². The maximum Gasteiger partial charge on any atom is 0.327 e. The zero-order valence-corrected chi connectivity index (χ0v) is 20.6. The van der Waals surface area contributed by atoms with Gasteiger partial charge in [-0.1, -0.05) is 31.2 Å². The molecule has 188 valence electrons. The molecule has 2 aromatic heterocycles. The van der Waals surface area contributed by atoms with Crippen LogP contribution >= 0.6 is 0 Å². The molecule has 9 nitrogen and oxygen atoms in total. The molecule has 2 heterocycles. The van der Waals surface area contributed by atoms with Crippen molar-refractivity contribution in [3.63, 3.8) is 0 Å². The van der Waals surface area contributed by atoms with Crippen molar-refractivity contribution >= 4 is 16.9 Å². The van der Waals surface area contributed by atoms with Crippen LogP contribution in [-0.4, -0.2) is 42.7 Å². The Balaban J connectivity index is 1.71. The normalized spacial score (nSPS) is 12.2. The number of H-pyrrole nitrogens is 1. The van der Waals surface area contributed by atoms with E-state index in [0.717, 1.165) is 22.0 Å². The van der Waals surface area contributed by atoms with Crippen molar-refractivity contribution in [3.05, 3.63) is 87.2 Å². The van der Waals surface area contributed by atoms with E-state index < -0.39 is 5.97 Å². The first-order valence-electron chi connectivity index (χ1n) is 11.9. The largest absolute Gasteiger partial charge is 0.465 e. The lowest BCUT2D eigenvalue weighted by molar-refractivity contribution is -0.144. The average Bonchev–Trinajstić information content (AvgIpc) is 3.29. The minimum atomic E-state index is -0.438. The molecule has 0 fully saturated rings. The van der Waals surface area contributed by atoms with Crippen LogP contribution in [0.1, 0.15) is 48.8 Å². The molecular formula is C26H29FN6O3. The molecule has 0 bridgehead atoms. The van der Waals surface area contributed by atoms with Gasteiger partial charge in [-0.3, -0.25) is 14.5 Å². The molecule has 1 N–H and O–H groups in total. The number of carbonyl (C=O) groups excluding carboxylic acids is 1. The van der Waals surface area contributed by atoms with Crippen LogP contribution in [0.15, 0.2) is 53.3 Å². The molecular weight excluding hydrogens is 463 g/mol. The maximum absolute atomic E-state index is 13.6. The van der Waals surface area contributed by atoms with Crippen LogP contribution in [0.4, 0.5) is 4.39 Å². The third kappa shape index (κ3) is 5.83. The molecule has 0 unspecified atom stereocenters. The number of aryl methyl sites for hydroxylation is 1. The van der Waals surface area contributed by atoms with Gasteiger partial charge in [-0.2, -0.15) is 0 Å². The fraction of sp³-hybridized carbons (Fsp3) is 0.346. The number of ether oxygens (including phenoxy) is 1. The van der Waals surface area contributed by atoms with Crippen molar-refractivity contribution in [2.75, 3.05) is 6.61 Å². The van der Waals surface area contributed by atoms with Crippen LogP contribution in [0, 0.1) is 12.7 Å². The van der Waals surface area contributed by atoms with Gasteiger partial charge in [0.2, 0.25) is 0 Å².